The van der Waals surface area contributed by atoms with Crippen LogP contribution in [0.15, 0.2) is 22.8 Å². The zero-order chi connectivity index (χ0) is 23.0. The Balaban J connectivity index is 1.29. The van der Waals surface area contributed by atoms with E-state index in [1.165, 1.54) is 63.6 Å². The van der Waals surface area contributed by atoms with Crippen LogP contribution >= 0.6 is 0 Å². The lowest BCUT2D eigenvalue weighted by atomic mass is 9.56. The van der Waals surface area contributed by atoms with Crippen LogP contribution in [0.5, 0.6) is 0 Å². The zero-order valence-corrected chi connectivity index (χ0v) is 21.5. The van der Waals surface area contributed by atoms with Crippen LogP contribution in [-0.2, 0) is 9.53 Å². The number of ketones is 1. The van der Waals surface area contributed by atoms with E-state index < -0.39 is 0 Å². The van der Waals surface area contributed by atoms with Crippen molar-refractivity contribution < 1.29 is 9.53 Å². The minimum absolute atomic E-state index is 0.0590. The molecule has 2 saturated heterocycles. The van der Waals surface area contributed by atoms with Crippen molar-refractivity contribution >= 4 is 5.78 Å². The van der Waals surface area contributed by atoms with Crippen molar-refractivity contribution in [3.8, 4) is 0 Å². The number of rotatable bonds is 2. The van der Waals surface area contributed by atoms with Gasteiger partial charge >= 0.3 is 0 Å². The van der Waals surface area contributed by atoms with Crippen LogP contribution in [0.1, 0.15) is 98.3 Å². The van der Waals surface area contributed by atoms with E-state index in [0.29, 0.717) is 23.8 Å². The summed E-state index contributed by atoms with van der Waals surface area (Å²) < 4.78 is 7.13. The van der Waals surface area contributed by atoms with Crippen molar-refractivity contribution in [1.29, 1.82) is 0 Å². The van der Waals surface area contributed by atoms with Gasteiger partial charge < -0.3 is 4.74 Å². The molecule has 33 heavy (non-hydrogen) atoms. The smallest absolute Gasteiger partial charge is 0.155 e. The molecule has 6 aliphatic rings. The predicted octanol–water partition coefficient (Wildman–Crippen LogP) is 6.48. The standard InChI is InChI=1S/C30H45NO2/c1-5-14-31-15-6-7-27-28(31)20(3)30(33-27)13-11-23-24-9-8-21-16-22(32)10-12-29(21,4)26(24)17-25(23)19(2)18-30/h16,20,23-24,26-28H,5-15,17-18H2,1-4H3/t20-,23+,24?,26+,27-,28+,29+,30?/m1/s1. The summed E-state index contributed by atoms with van der Waals surface area (Å²) in [6.45, 7) is 12.3. The predicted molar refractivity (Wildman–Crippen MR) is 133 cm³/mol. The monoisotopic (exact) mass is 451 g/mol. The van der Waals surface area contributed by atoms with Gasteiger partial charge in [0.25, 0.3) is 0 Å². The lowest BCUT2D eigenvalue weighted by Crippen LogP contribution is -2.49. The molecule has 0 radical (unpaired) electrons. The first-order valence-electron chi connectivity index (χ1n) is 14.2. The molecule has 3 nitrogen and oxygen atoms in total. The van der Waals surface area contributed by atoms with Gasteiger partial charge in [-0.05, 0) is 113 Å². The maximum atomic E-state index is 12.1. The van der Waals surface area contributed by atoms with Crippen LogP contribution in [0.2, 0.25) is 0 Å². The molecule has 2 unspecified atom stereocenters. The second-order valence-electron chi connectivity index (χ2n) is 12.9. The number of likely N-dealkylation sites (tertiary alicyclic amines) is 1. The van der Waals surface area contributed by atoms with E-state index in [4.69, 9.17) is 4.74 Å². The molecule has 0 aromatic rings. The van der Waals surface area contributed by atoms with Crippen LogP contribution in [0.4, 0.5) is 0 Å². The van der Waals surface area contributed by atoms with Gasteiger partial charge in [0, 0.05) is 18.4 Å². The van der Waals surface area contributed by atoms with Crippen LogP contribution in [0, 0.1) is 29.1 Å². The van der Waals surface area contributed by atoms with Crippen molar-refractivity contribution in [3.63, 3.8) is 0 Å². The molecular formula is C30H45NO2. The summed E-state index contributed by atoms with van der Waals surface area (Å²) in [5, 5.41) is 0. The van der Waals surface area contributed by atoms with E-state index in [2.05, 4.69) is 32.6 Å². The van der Waals surface area contributed by atoms with Crippen molar-refractivity contribution in [1.82, 2.24) is 4.90 Å². The molecule has 4 aliphatic carbocycles. The second kappa shape index (κ2) is 8.05. The van der Waals surface area contributed by atoms with Gasteiger partial charge in [0.2, 0.25) is 0 Å². The van der Waals surface area contributed by atoms with Crippen LogP contribution in [-0.4, -0.2) is 41.5 Å². The number of fused-ring (bicyclic) bond motifs is 6. The number of ether oxygens (including phenoxy) is 1. The molecule has 2 saturated carbocycles. The van der Waals surface area contributed by atoms with E-state index in [0.717, 1.165) is 43.4 Å². The normalized spacial score (nSPS) is 47.6. The zero-order valence-electron chi connectivity index (χ0n) is 21.5. The van der Waals surface area contributed by atoms with E-state index >= 15 is 0 Å². The van der Waals surface area contributed by atoms with Crippen LogP contribution < -0.4 is 0 Å². The fraction of sp³-hybridized carbons (Fsp3) is 0.833. The van der Waals surface area contributed by atoms with E-state index in [1.807, 2.05) is 6.08 Å². The Hall–Kier alpha value is -0.930. The molecule has 182 valence electrons. The molecule has 2 aliphatic heterocycles. The Bertz CT molecular complexity index is 886. The quantitative estimate of drug-likeness (QED) is 0.450. The van der Waals surface area contributed by atoms with Crippen molar-refractivity contribution in [2.24, 2.45) is 29.1 Å². The highest BCUT2D eigenvalue weighted by atomic mass is 16.5. The molecule has 4 fully saturated rings. The van der Waals surface area contributed by atoms with Crippen LogP contribution in [0.3, 0.4) is 0 Å². The molecule has 0 aromatic heterocycles. The van der Waals surface area contributed by atoms with E-state index in [9.17, 15) is 4.79 Å². The molecule has 6 rings (SSSR count). The molecule has 1 spiro atoms. The molecule has 0 aromatic carbocycles. The molecule has 8 atom stereocenters. The minimum Gasteiger partial charge on any atom is -0.369 e. The molecule has 2 heterocycles. The SMILES string of the molecule is CCCN1CCC[C@H]2OC3(CC[C@@H]4C(=C(C)C3)C[C@H]3C4CCC4=CC(=O)CC[C@@]43C)[C@H](C)[C@@H]21. The van der Waals surface area contributed by atoms with Gasteiger partial charge in [-0.3, -0.25) is 9.69 Å². The Morgan fingerprint density at radius 2 is 2.03 bits per heavy atom. The van der Waals surface area contributed by atoms with Gasteiger partial charge in [-0.15, -0.1) is 0 Å². The van der Waals surface area contributed by atoms with Crippen molar-refractivity contribution in [2.45, 2.75) is 116 Å². The lowest BCUT2D eigenvalue weighted by molar-refractivity contribution is -0.116. The summed E-state index contributed by atoms with van der Waals surface area (Å²) in [6, 6.07) is 0.628. The third kappa shape index (κ3) is 3.31. The third-order valence-electron chi connectivity index (χ3n) is 11.4. The highest BCUT2D eigenvalue weighted by Gasteiger charge is 2.58. The summed E-state index contributed by atoms with van der Waals surface area (Å²) in [7, 11) is 0. The van der Waals surface area contributed by atoms with Gasteiger partial charge in [-0.2, -0.15) is 0 Å². The number of carbonyl (C=O) groups is 1. The minimum atomic E-state index is 0.0590. The number of hydrogen-bond acceptors (Lipinski definition) is 3. The van der Waals surface area contributed by atoms with Crippen LogP contribution in [0.25, 0.3) is 0 Å². The lowest BCUT2D eigenvalue weighted by Gasteiger charge is -2.48. The highest BCUT2D eigenvalue weighted by Crippen LogP contribution is 2.64. The van der Waals surface area contributed by atoms with E-state index in [-0.39, 0.29) is 11.0 Å². The van der Waals surface area contributed by atoms with Gasteiger partial charge in [-0.25, -0.2) is 0 Å². The Morgan fingerprint density at radius 3 is 2.85 bits per heavy atom. The molecule has 0 bridgehead atoms. The van der Waals surface area contributed by atoms with Crippen molar-refractivity contribution in [3.05, 3.63) is 22.8 Å². The molecular weight excluding hydrogens is 406 g/mol. The topological polar surface area (TPSA) is 29.5 Å². The maximum Gasteiger partial charge on any atom is 0.155 e. The largest absolute Gasteiger partial charge is 0.369 e. The van der Waals surface area contributed by atoms with Crippen molar-refractivity contribution in [2.75, 3.05) is 13.1 Å². The summed E-state index contributed by atoms with van der Waals surface area (Å²) in [5.74, 6) is 3.32. The summed E-state index contributed by atoms with van der Waals surface area (Å²) >= 11 is 0. The first kappa shape index (κ1) is 22.5. The van der Waals surface area contributed by atoms with Gasteiger partial charge in [-0.1, -0.05) is 37.5 Å². The number of hydrogen-bond donors (Lipinski definition) is 0. The number of piperidine rings is 1. The average molecular weight is 452 g/mol. The van der Waals surface area contributed by atoms with Gasteiger partial charge in [0.15, 0.2) is 5.78 Å². The first-order chi connectivity index (χ1) is 15.9. The second-order valence-corrected chi connectivity index (χ2v) is 12.9. The fourth-order valence-electron chi connectivity index (χ4n) is 9.76. The summed E-state index contributed by atoms with van der Waals surface area (Å²) in [6.07, 6.45) is 15.6. The van der Waals surface area contributed by atoms with Gasteiger partial charge in [0.1, 0.15) is 0 Å². The molecule has 0 amide bonds. The summed E-state index contributed by atoms with van der Waals surface area (Å²) in [5.41, 5.74) is 5.28. The Morgan fingerprint density at radius 1 is 1.18 bits per heavy atom. The van der Waals surface area contributed by atoms with Gasteiger partial charge in [0.05, 0.1) is 11.7 Å². The molecule has 0 N–H and O–H groups in total. The maximum absolute atomic E-state index is 12.1. The molecule has 3 heteroatoms. The fourth-order valence-corrected chi connectivity index (χ4v) is 9.76. The number of allylic oxidation sites excluding steroid dienone is 3. The first-order valence-corrected chi connectivity index (χ1v) is 14.2. The van der Waals surface area contributed by atoms with E-state index in [1.54, 1.807) is 11.1 Å². The Labute approximate surface area is 201 Å². The average Bonchev–Trinajstić information content (AvgIpc) is 3.26. The highest BCUT2D eigenvalue weighted by molar-refractivity contribution is 5.91. The number of nitrogens with zero attached hydrogens (tertiary/aromatic N) is 1. The Kier molecular flexibility index (Phi) is 5.50. The third-order valence-corrected chi connectivity index (χ3v) is 11.4. The summed E-state index contributed by atoms with van der Waals surface area (Å²) in [4.78, 5) is 14.9. The number of carbonyl (C=O) groups excluding carboxylic acids is 1.